The van der Waals surface area contributed by atoms with Gasteiger partial charge in [-0.1, -0.05) is 12.8 Å². The van der Waals surface area contributed by atoms with Crippen LogP contribution in [0.25, 0.3) is 0 Å². The third-order valence-electron chi connectivity index (χ3n) is 6.63. The number of nitrogens with zero attached hydrogens (tertiary/aromatic N) is 2. The predicted molar refractivity (Wildman–Crippen MR) is 94.9 cm³/mol. The molecule has 2 aliphatic heterocycles. The van der Waals surface area contributed by atoms with E-state index in [0.29, 0.717) is 24.3 Å². The maximum absolute atomic E-state index is 12.4. The minimum absolute atomic E-state index is 0.152. The average Bonchev–Trinajstić information content (AvgIpc) is 3.11. The molecule has 3 N–H and O–H groups in total. The van der Waals surface area contributed by atoms with Crippen molar-refractivity contribution in [1.29, 1.82) is 0 Å². The summed E-state index contributed by atoms with van der Waals surface area (Å²) in [5.41, 5.74) is 0. The summed E-state index contributed by atoms with van der Waals surface area (Å²) < 4.78 is 0. The number of β-amino-alcohol motifs (C(OH)–C–C–N with tert-alkyl or cyclic N) is 1. The summed E-state index contributed by atoms with van der Waals surface area (Å²) in [6.45, 7) is 4.77. The maximum Gasteiger partial charge on any atom is 0.222 e. The van der Waals surface area contributed by atoms with E-state index >= 15 is 0 Å². The summed E-state index contributed by atoms with van der Waals surface area (Å²) in [7, 11) is 0. The molecule has 4 atom stereocenters. The highest BCUT2D eigenvalue weighted by Gasteiger charge is 2.39. The second-order valence-electron chi connectivity index (χ2n) is 8.42. The standard InChI is InChI=1S/C19H34N2O4/c1-13-18(24)19(25)16(22)12-21(13)11-15-6-8-20(9-7-15)17(23)10-14-4-2-3-5-14/h13-16,18-19,22,24-25H,2-12H2,1H3/t13-,16+,18-,19-/m1/s1. The third-order valence-corrected chi connectivity index (χ3v) is 6.63. The fourth-order valence-corrected chi connectivity index (χ4v) is 4.77. The zero-order chi connectivity index (χ0) is 18.0. The molecular weight excluding hydrogens is 320 g/mol. The highest BCUT2D eigenvalue weighted by Crippen LogP contribution is 2.29. The Morgan fingerprint density at radius 2 is 1.60 bits per heavy atom. The molecule has 3 rings (SSSR count). The largest absolute Gasteiger partial charge is 0.389 e. The van der Waals surface area contributed by atoms with Crippen LogP contribution in [0.4, 0.5) is 0 Å². The molecule has 1 saturated carbocycles. The van der Waals surface area contributed by atoms with Gasteiger partial charge in [0.2, 0.25) is 5.91 Å². The number of aliphatic hydroxyl groups excluding tert-OH is 3. The molecule has 0 spiro atoms. The summed E-state index contributed by atoms with van der Waals surface area (Å²) in [6, 6.07) is -0.152. The number of likely N-dealkylation sites (tertiary alicyclic amines) is 2. The van der Waals surface area contributed by atoms with Gasteiger partial charge >= 0.3 is 0 Å². The fourth-order valence-electron chi connectivity index (χ4n) is 4.77. The van der Waals surface area contributed by atoms with Crippen molar-refractivity contribution in [2.75, 3.05) is 26.2 Å². The van der Waals surface area contributed by atoms with E-state index in [-0.39, 0.29) is 6.04 Å². The van der Waals surface area contributed by atoms with E-state index < -0.39 is 18.3 Å². The molecule has 25 heavy (non-hydrogen) atoms. The number of hydrogen-bond donors (Lipinski definition) is 3. The lowest BCUT2D eigenvalue weighted by atomic mass is 9.90. The van der Waals surface area contributed by atoms with Crippen molar-refractivity contribution in [3.63, 3.8) is 0 Å². The Kier molecular flexibility index (Phi) is 6.36. The molecular formula is C19H34N2O4. The van der Waals surface area contributed by atoms with Gasteiger partial charge < -0.3 is 20.2 Å². The van der Waals surface area contributed by atoms with Gasteiger partial charge in [0.1, 0.15) is 6.10 Å². The first kappa shape index (κ1) is 19.1. The van der Waals surface area contributed by atoms with Gasteiger partial charge in [0.25, 0.3) is 0 Å². The van der Waals surface area contributed by atoms with Crippen molar-refractivity contribution in [3.8, 4) is 0 Å². The molecule has 0 radical (unpaired) electrons. The monoisotopic (exact) mass is 354 g/mol. The van der Waals surface area contributed by atoms with Crippen LogP contribution in [-0.2, 0) is 4.79 Å². The first-order chi connectivity index (χ1) is 12.0. The molecule has 6 nitrogen and oxygen atoms in total. The lowest BCUT2D eigenvalue weighted by Crippen LogP contribution is -2.61. The maximum atomic E-state index is 12.4. The molecule has 2 saturated heterocycles. The lowest BCUT2D eigenvalue weighted by molar-refractivity contribution is -0.138. The Morgan fingerprint density at radius 1 is 0.960 bits per heavy atom. The van der Waals surface area contributed by atoms with Crippen LogP contribution in [0.1, 0.15) is 51.9 Å². The molecule has 1 aliphatic carbocycles. The predicted octanol–water partition coefficient (Wildman–Crippen LogP) is 0.592. The van der Waals surface area contributed by atoms with E-state index in [4.69, 9.17) is 0 Å². The Balaban J connectivity index is 1.43. The van der Waals surface area contributed by atoms with Crippen molar-refractivity contribution in [1.82, 2.24) is 9.80 Å². The minimum Gasteiger partial charge on any atom is -0.389 e. The van der Waals surface area contributed by atoms with Gasteiger partial charge in [0.15, 0.2) is 0 Å². The van der Waals surface area contributed by atoms with Crippen LogP contribution >= 0.6 is 0 Å². The highest BCUT2D eigenvalue weighted by molar-refractivity contribution is 5.76. The van der Waals surface area contributed by atoms with Crippen LogP contribution in [0.15, 0.2) is 0 Å². The summed E-state index contributed by atoms with van der Waals surface area (Å²) in [4.78, 5) is 16.6. The van der Waals surface area contributed by atoms with Gasteiger partial charge in [0.05, 0.1) is 12.2 Å². The summed E-state index contributed by atoms with van der Waals surface area (Å²) in [5.74, 6) is 1.41. The topological polar surface area (TPSA) is 84.2 Å². The molecule has 0 aromatic carbocycles. The van der Waals surface area contributed by atoms with Crippen molar-refractivity contribution >= 4 is 5.91 Å². The number of hydrogen-bond acceptors (Lipinski definition) is 5. The van der Waals surface area contributed by atoms with Crippen molar-refractivity contribution < 1.29 is 20.1 Å². The normalized spacial score (nSPS) is 36.1. The zero-order valence-corrected chi connectivity index (χ0v) is 15.4. The van der Waals surface area contributed by atoms with Crippen LogP contribution in [0, 0.1) is 11.8 Å². The van der Waals surface area contributed by atoms with Crippen molar-refractivity contribution in [2.24, 2.45) is 11.8 Å². The van der Waals surface area contributed by atoms with E-state index in [0.717, 1.165) is 38.9 Å². The fraction of sp³-hybridized carbons (Fsp3) is 0.947. The van der Waals surface area contributed by atoms with E-state index in [1.165, 1.54) is 25.7 Å². The van der Waals surface area contributed by atoms with E-state index in [1.54, 1.807) is 0 Å². The van der Waals surface area contributed by atoms with Crippen molar-refractivity contribution in [3.05, 3.63) is 0 Å². The van der Waals surface area contributed by atoms with Crippen LogP contribution < -0.4 is 0 Å². The second-order valence-corrected chi connectivity index (χ2v) is 8.42. The highest BCUT2D eigenvalue weighted by atomic mass is 16.4. The summed E-state index contributed by atoms with van der Waals surface area (Å²) >= 11 is 0. The molecule has 0 bridgehead atoms. The molecule has 1 amide bonds. The van der Waals surface area contributed by atoms with Crippen LogP contribution in [0.3, 0.4) is 0 Å². The molecule has 0 unspecified atom stereocenters. The van der Waals surface area contributed by atoms with E-state index in [2.05, 4.69) is 4.90 Å². The summed E-state index contributed by atoms with van der Waals surface area (Å²) in [5, 5.41) is 29.8. The number of aliphatic hydroxyl groups is 3. The van der Waals surface area contributed by atoms with Crippen LogP contribution in [0.5, 0.6) is 0 Å². The first-order valence-corrected chi connectivity index (χ1v) is 10.0. The Bertz CT molecular complexity index is 447. The Hall–Kier alpha value is -0.690. The quantitative estimate of drug-likeness (QED) is 0.688. The number of piperidine rings is 2. The van der Waals surface area contributed by atoms with Gasteiger partial charge in [-0.2, -0.15) is 0 Å². The molecule has 0 aromatic rings. The molecule has 2 heterocycles. The summed E-state index contributed by atoms with van der Waals surface area (Å²) in [6.07, 6.45) is 4.82. The van der Waals surface area contributed by atoms with Gasteiger partial charge in [-0.3, -0.25) is 9.69 Å². The van der Waals surface area contributed by atoms with Gasteiger partial charge in [-0.05, 0) is 44.4 Å². The van der Waals surface area contributed by atoms with Crippen molar-refractivity contribution in [2.45, 2.75) is 76.2 Å². The number of carbonyl (C=O) groups is 1. The van der Waals surface area contributed by atoms with Gasteiger partial charge in [0, 0.05) is 38.6 Å². The molecule has 3 aliphatic rings. The van der Waals surface area contributed by atoms with Gasteiger partial charge in [-0.15, -0.1) is 0 Å². The van der Waals surface area contributed by atoms with Gasteiger partial charge in [-0.25, -0.2) is 0 Å². The molecule has 0 aromatic heterocycles. The number of carbonyl (C=O) groups excluding carboxylic acids is 1. The second kappa shape index (κ2) is 8.33. The average molecular weight is 354 g/mol. The third kappa shape index (κ3) is 4.54. The molecule has 144 valence electrons. The first-order valence-electron chi connectivity index (χ1n) is 10.0. The SMILES string of the molecule is C[C@@H]1[C@@H](O)[C@H](O)[C@@H](O)CN1CC1CCN(C(=O)CC2CCCC2)CC1. The van der Waals surface area contributed by atoms with Crippen LogP contribution in [-0.4, -0.2) is 81.6 Å². The molecule has 3 fully saturated rings. The van der Waals surface area contributed by atoms with E-state index in [9.17, 15) is 20.1 Å². The molecule has 6 heteroatoms. The Morgan fingerprint density at radius 3 is 2.24 bits per heavy atom. The van der Waals surface area contributed by atoms with Crippen LogP contribution in [0.2, 0.25) is 0 Å². The van der Waals surface area contributed by atoms with E-state index in [1.807, 2.05) is 11.8 Å². The smallest absolute Gasteiger partial charge is 0.222 e. The zero-order valence-electron chi connectivity index (χ0n) is 15.4. The Labute approximate surface area is 150 Å². The number of amides is 1. The lowest BCUT2D eigenvalue weighted by Gasteiger charge is -2.44. The minimum atomic E-state index is -1.05. The number of rotatable bonds is 4.